The van der Waals surface area contributed by atoms with Gasteiger partial charge in [-0.1, -0.05) is 48.9 Å². The number of nitrogens with one attached hydrogen (secondary N) is 2. The van der Waals surface area contributed by atoms with Crippen molar-refractivity contribution in [2.24, 2.45) is 0 Å². The van der Waals surface area contributed by atoms with Crippen molar-refractivity contribution in [2.45, 2.75) is 19.4 Å². The van der Waals surface area contributed by atoms with Gasteiger partial charge in [-0.2, -0.15) is 0 Å². The fraction of sp³-hybridized carbons (Fsp3) is 0.250. The molecule has 0 spiro atoms. The molecule has 1 aromatic heterocycles. The van der Waals surface area contributed by atoms with Gasteiger partial charge in [0.2, 0.25) is 0 Å². The fourth-order valence-corrected chi connectivity index (χ4v) is 2.31. The Hall–Kier alpha value is -2.07. The van der Waals surface area contributed by atoms with Gasteiger partial charge in [-0.25, -0.2) is 4.98 Å². The minimum atomic E-state index is -0.161. The lowest BCUT2D eigenvalue weighted by atomic mass is 10.0. The highest BCUT2D eigenvalue weighted by atomic mass is 35.5. The summed E-state index contributed by atoms with van der Waals surface area (Å²) >= 11 is 5.93. The van der Waals surface area contributed by atoms with Crippen LogP contribution in [0.15, 0.2) is 42.5 Å². The number of nitrogens with zero attached hydrogens (tertiary/aromatic N) is 1. The summed E-state index contributed by atoms with van der Waals surface area (Å²) in [6.45, 7) is 2.04. The zero-order valence-electron chi connectivity index (χ0n) is 12.1. The molecule has 2 rings (SSSR count). The first-order chi connectivity index (χ1) is 10.1. The van der Waals surface area contributed by atoms with E-state index in [-0.39, 0.29) is 11.9 Å². The first-order valence-corrected chi connectivity index (χ1v) is 7.23. The van der Waals surface area contributed by atoms with Crippen molar-refractivity contribution in [3.63, 3.8) is 0 Å². The maximum atomic E-state index is 12.4. The standard InChI is InChI=1S/C16H18ClN3O/c1-3-13(11-7-5-4-6-8-11)19-16(21)12-9-14(17)20-15(10-12)18-2/h4-10,13H,3H2,1-2H3,(H,18,20)(H,19,21). The lowest BCUT2D eigenvalue weighted by Gasteiger charge is -2.17. The molecule has 0 saturated heterocycles. The number of aromatic nitrogens is 1. The van der Waals surface area contributed by atoms with E-state index in [9.17, 15) is 4.79 Å². The number of hydrogen-bond donors (Lipinski definition) is 2. The number of rotatable bonds is 5. The zero-order valence-corrected chi connectivity index (χ0v) is 12.8. The highest BCUT2D eigenvalue weighted by molar-refractivity contribution is 6.29. The van der Waals surface area contributed by atoms with Crippen LogP contribution in [0.25, 0.3) is 0 Å². The quantitative estimate of drug-likeness (QED) is 0.829. The zero-order chi connectivity index (χ0) is 15.2. The molecule has 0 aliphatic rings. The molecule has 2 N–H and O–H groups in total. The van der Waals surface area contributed by atoms with E-state index >= 15 is 0 Å². The minimum absolute atomic E-state index is 0.0244. The van der Waals surface area contributed by atoms with Gasteiger partial charge >= 0.3 is 0 Å². The first-order valence-electron chi connectivity index (χ1n) is 6.85. The van der Waals surface area contributed by atoms with Gasteiger partial charge < -0.3 is 10.6 Å². The molecule has 0 radical (unpaired) electrons. The van der Waals surface area contributed by atoms with Crippen molar-refractivity contribution in [3.05, 3.63) is 58.7 Å². The average Bonchev–Trinajstić information content (AvgIpc) is 2.52. The number of hydrogen-bond acceptors (Lipinski definition) is 3. The molecule has 0 fully saturated rings. The minimum Gasteiger partial charge on any atom is -0.373 e. The molecule has 1 unspecified atom stereocenters. The van der Waals surface area contributed by atoms with E-state index in [4.69, 9.17) is 11.6 Å². The predicted molar refractivity (Wildman–Crippen MR) is 85.7 cm³/mol. The number of pyridine rings is 1. The van der Waals surface area contributed by atoms with Crippen molar-refractivity contribution in [2.75, 3.05) is 12.4 Å². The molecular weight excluding hydrogens is 286 g/mol. The molecule has 21 heavy (non-hydrogen) atoms. The normalized spacial score (nSPS) is 11.8. The summed E-state index contributed by atoms with van der Waals surface area (Å²) in [5.74, 6) is 0.409. The highest BCUT2D eigenvalue weighted by Crippen LogP contribution is 2.19. The van der Waals surface area contributed by atoms with Gasteiger partial charge in [0.05, 0.1) is 6.04 Å². The van der Waals surface area contributed by atoms with Gasteiger partial charge in [0.1, 0.15) is 11.0 Å². The number of benzene rings is 1. The molecule has 0 aliphatic heterocycles. The number of carbonyl (C=O) groups excluding carboxylic acids is 1. The smallest absolute Gasteiger partial charge is 0.252 e. The van der Waals surface area contributed by atoms with Crippen LogP contribution < -0.4 is 10.6 Å². The topological polar surface area (TPSA) is 54.0 Å². The van der Waals surface area contributed by atoms with Crippen molar-refractivity contribution >= 4 is 23.3 Å². The Balaban J connectivity index is 2.18. The molecule has 1 aromatic carbocycles. The lowest BCUT2D eigenvalue weighted by Crippen LogP contribution is -2.28. The van der Waals surface area contributed by atoms with Gasteiger partial charge in [-0.15, -0.1) is 0 Å². The second kappa shape index (κ2) is 7.09. The van der Waals surface area contributed by atoms with Crippen LogP contribution >= 0.6 is 11.6 Å². The number of amides is 1. The Kier molecular flexibility index (Phi) is 5.17. The Morgan fingerprint density at radius 3 is 2.62 bits per heavy atom. The maximum absolute atomic E-state index is 12.4. The van der Waals surface area contributed by atoms with E-state index in [2.05, 4.69) is 15.6 Å². The molecule has 2 aromatic rings. The van der Waals surface area contributed by atoms with E-state index < -0.39 is 0 Å². The van der Waals surface area contributed by atoms with Crippen LogP contribution in [-0.4, -0.2) is 17.9 Å². The SMILES string of the molecule is CCC(NC(=O)c1cc(Cl)nc(NC)c1)c1ccccc1. The summed E-state index contributed by atoms with van der Waals surface area (Å²) in [6.07, 6.45) is 0.813. The number of carbonyl (C=O) groups is 1. The molecule has 0 bridgehead atoms. The Labute approximate surface area is 129 Å². The molecule has 1 heterocycles. The van der Waals surface area contributed by atoms with Crippen LogP contribution in [-0.2, 0) is 0 Å². The fourth-order valence-electron chi connectivity index (χ4n) is 2.10. The summed E-state index contributed by atoms with van der Waals surface area (Å²) in [6, 6.07) is 13.1. The van der Waals surface area contributed by atoms with Gasteiger partial charge in [0.15, 0.2) is 0 Å². The van der Waals surface area contributed by atoms with Gasteiger partial charge in [-0.05, 0) is 24.1 Å². The predicted octanol–water partition coefficient (Wildman–Crippen LogP) is 3.66. The van der Waals surface area contributed by atoms with Crippen LogP contribution in [0.1, 0.15) is 35.3 Å². The largest absolute Gasteiger partial charge is 0.373 e. The van der Waals surface area contributed by atoms with Crippen LogP contribution in [0.2, 0.25) is 5.15 Å². The third-order valence-electron chi connectivity index (χ3n) is 3.23. The van der Waals surface area contributed by atoms with E-state index in [1.807, 2.05) is 37.3 Å². The molecule has 1 amide bonds. The van der Waals surface area contributed by atoms with Gasteiger partial charge in [-0.3, -0.25) is 4.79 Å². The summed E-state index contributed by atoms with van der Waals surface area (Å²) in [4.78, 5) is 16.4. The van der Waals surface area contributed by atoms with Crippen LogP contribution in [0, 0.1) is 0 Å². The molecule has 110 valence electrons. The van der Waals surface area contributed by atoms with E-state index in [0.29, 0.717) is 16.5 Å². The molecule has 0 aliphatic carbocycles. The second-order valence-electron chi connectivity index (χ2n) is 4.66. The average molecular weight is 304 g/mol. The monoisotopic (exact) mass is 303 g/mol. The van der Waals surface area contributed by atoms with E-state index in [1.165, 1.54) is 0 Å². The van der Waals surface area contributed by atoms with E-state index in [1.54, 1.807) is 19.2 Å². The second-order valence-corrected chi connectivity index (χ2v) is 5.05. The third kappa shape index (κ3) is 3.95. The van der Waals surface area contributed by atoms with Crippen molar-refractivity contribution in [1.82, 2.24) is 10.3 Å². The van der Waals surface area contributed by atoms with E-state index in [0.717, 1.165) is 12.0 Å². The van der Waals surface area contributed by atoms with Crippen LogP contribution in [0.3, 0.4) is 0 Å². The lowest BCUT2D eigenvalue weighted by molar-refractivity contribution is 0.0935. The molecule has 1 atom stereocenters. The van der Waals surface area contributed by atoms with Crippen molar-refractivity contribution in [3.8, 4) is 0 Å². The Bertz CT molecular complexity index is 616. The summed E-state index contributed by atoms with van der Waals surface area (Å²) in [5.41, 5.74) is 1.58. The van der Waals surface area contributed by atoms with Crippen molar-refractivity contribution in [1.29, 1.82) is 0 Å². The summed E-state index contributed by atoms with van der Waals surface area (Å²) < 4.78 is 0. The third-order valence-corrected chi connectivity index (χ3v) is 3.42. The Morgan fingerprint density at radius 1 is 1.29 bits per heavy atom. The number of halogens is 1. The van der Waals surface area contributed by atoms with Crippen LogP contribution in [0.5, 0.6) is 0 Å². The summed E-state index contributed by atoms with van der Waals surface area (Å²) in [5, 5.41) is 6.20. The first kappa shape index (κ1) is 15.3. The van der Waals surface area contributed by atoms with Gasteiger partial charge in [0.25, 0.3) is 5.91 Å². The van der Waals surface area contributed by atoms with Crippen molar-refractivity contribution < 1.29 is 4.79 Å². The molecule has 0 saturated carbocycles. The Morgan fingerprint density at radius 2 is 2.00 bits per heavy atom. The highest BCUT2D eigenvalue weighted by Gasteiger charge is 2.15. The molecular formula is C16H18ClN3O. The molecule has 5 heteroatoms. The number of anilines is 1. The maximum Gasteiger partial charge on any atom is 0.252 e. The van der Waals surface area contributed by atoms with Gasteiger partial charge in [0, 0.05) is 12.6 Å². The summed E-state index contributed by atoms with van der Waals surface area (Å²) in [7, 11) is 1.74. The van der Waals surface area contributed by atoms with Crippen LogP contribution in [0.4, 0.5) is 5.82 Å². The molecule has 4 nitrogen and oxygen atoms in total.